The maximum atomic E-state index is 8.89. The van der Waals surface area contributed by atoms with Crippen LogP contribution in [0.1, 0.15) is 18.1 Å². The first-order chi connectivity index (χ1) is 12.7. The number of aliphatic hydroxyl groups is 1. The van der Waals surface area contributed by atoms with E-state index in [4.69, 9.17) is 19.6 Å². The second-order valence-corrected chi connectivity index (χ2v) is 6.50. The third kappa shape index (κ3) is 7.55. The van der Waals surface area contributed by atoms with Crippen molar-refractivity contribution >= 4 is 41.3 Å². The molecule has 0 bridgehead atoms. The zero-order valence-electron chi connectivity index (χ0n) is 16.0. The van der Waals surface area contributed by atoms with Gasteiger partial charge in [0, 0.05) is 20.1 Å². The van der Waals surface area contributed by atoms with Crippen molar-refractivity contribution in [2.75, 3.05) is 33.9 Å². The molecule has 150 valence electrons. The van der Waals surface area contributed by atoms with E-state index in [2.05, 4.69) is 34.0 Å². The van der Waals surface area contributed by atoms with Gasteiger partial charge in [0.1, 0.15) is 6.61 Å². The van der Waals surface area contributed by atoms with E-state index < -0.39 is 0 Å². The van der Waals surface area contributed by atoms with E-state index in [0.29, 0.717) is 18.0 Å². The Morgan fingerprint density at radius 2 is 2.07 bits per heavy atom. The predicted octanol–water partition coefficient (Wildman–Crippen LogP) is 3.34. The van der Waals surface area contributed by atoms with Crippen LogP contribution in [0.15, 0.2) is 40.0 Å². The average Bonchev–Trinajstić information content (AvgIpc) is 3.16. The van der Waals surface area contributed by atoms with E-state index in [1.54, 1.807) is 18.4 Å². The van der Waals surface area contributed by atoms with Crippen LogP contribution in [0.2, 0.25) is 0 Å². The fourth-order valence-electron chi connectivity index (χ4n) is 2.45. The first-order valence-corrected chi connectivity index (χ1v) is 9.53. The van der Waals surface area contributed by atoms with Crippen LogP contribution in [-0.2, 0) is 13.1 Å². The minimum atomic E-state index is -0.0300. The molecule has 0 aliphatic heterocycles. The number of ether oxygens (including phenoxy) is 2. The van der Waals surface area contributed by atoms with Gasteiger partial charge in [-0.25, -0.2) is 4.99 Å². The van der Waals surface area contributed by atoms with Crippen LogP contribution in [0.3, 0.4) is 0 Å². The third-order valence-corrected chi connectivity index (χ3v) is 4.42. The van der Waals surface area contributed by atoms with Crippen LogP contribution in [0.4, 0.5) is 0 Å². The van der Waals surface area contributed by atoms with Gasteiger partial charge in [0.2, 0.25) is 0 Å². The van der Waals surface area contributed by atoms with Gasteiger partial charge in [0.05, 0.1) is 20.3 Å². The van der Waals surface area contributed by atoms with Crippen LogP contribution in [0.5, 0.6) is 11.5 Å². The van der Waals surface area contributed by atoms with E-state index >= 15 is 0 Å². The number of nitrogens with zero attached hydrogens (tertiary/aromatic N) is 2. The van der Waals surface area contributed by atoms with E-state index in [1.165, 1.54) is 5.56 Å². The number of hydrogen-bond acceptors (Lipinski definition) is 5. The highest BCUT2D eigenvalue weighted by Gasteiger charge is 2.09. The lowest BCUT2D eigenvalue weighted by Gasteiger charge is -2.21. The Bertz CT molecular complexity index is 696. The molecule has 0 radical (unpaired) electrons. The molecule has 2 N–H and O–H groups in total. The smallest absolute Gasteiger partial charge is 0.194 e. The molecule has 0 amide bonds. The van der Waals surface area contributed by atoms with Gasteiger partial charge in [-0.1, -0.05) is 6.07 Å². The molecule has 2 aromatic rings. The molecule has 0 unspecified atom stereocenters. The number of nitrogens with one attached hydrogen (secondary N) is 1. The summed E-state index contributed by atoms with van der Waals surface area (Å²) < 4.78 is 10.8. The van der Waals surface area contributed by atoms with Crippen molar-refractivity contribution in [1.29, 1.82) is 0 Å². The largest absolute Gasteiger partial charge is 0.493 e. The Hall–Kier alpha value is -1.52. The zero-order valence-corrected chi connectivity index (χ0v) is 19.1. The third-order valence-electron chi connectivity index (χ3n) is 3.68. The topological polar surface area (TPSA) is 66.3 Å². The van der Waals surface area contributed by atoms with Gasteiger partial charge in [0.25, 0.3) is 0 Å². The molecule has 0 saturated heterocycles. The second-order valence-electron chi connectivity index (χ2n) is 5.72. The lowest BCUT2D eigenvalue weighted by Crippen LogP contribution is -2.38. The highest BCUT2D eigenvalue weighted by atomic mass is 127. The van der Waals surface area contributed by atoms with E-state index in [9.17, 15) is 0 Å². The van der Waals surface area contributed by atoms with Gasteiger partial charge in [-0.3, -0.25) is 0 Å². The monoisotopic (exact) mass is 505 g/mol. The summed E-state index contributed by atoms with van der Waals surface area (Å²) in [4.78, 5) is 6.84. The highest BCUT2D eigenvalue weighted by Crippen LogP contribution is 2.28. The molecule has 1 heterocycles. The van der Waals surface area contributed by atoms with Crippen molar-refractivity contribution in [2.24, 2.45) is 4.99 Å². The fraction of sp³-hybridized carbons (Fsp3) is 0.421. The highest BCUT2D eigenvalue weighted by molar-refractivity contribution is 14.0. The maximum absolute atomic E-state index is 8.89. The Balaban J connectivity index is 0.00000364. The SMILES string of the molecule is CCNC(=NCc1ccc(OCCO)c(OC)c1)N(C)Cc1ccsc1.I. The summed E-state index contributed by atoms with van der Waals surface area (Å²) in [5.74, 6) is 2.12. The molecular formula is C19H28IN3O3S. The number of benzene rings is 1. The molecular weight excluding hydrogens is 477 g/mol. The lowest BCUT2D eigenvalue weighted by molar-refractivity contribution is 0.196. The lowest BCUT2D eigenvalue weighted by atomic mass is 10.2. The van der Waals surface area contributed by atoms with Crippen molar-refractivity contribution in [3.8, 4) is 11.5 Å². The van der Waals surface area contributed by atoms with Crippen molar-refractivity contribution in [3.05, 3.63) is 46.2 Å². The second kappa shape index (κ2) is 12.8. The number of methoxy groups -OCH3 is 1. The number of aliphatic hydroxyl groups excluding tert-OH is 1. The quantitative estimate of drug-likeness (QED) is 0.311. The van der Waals surface area contributed by atoms with Crippen molar-refractivity contribution < 1.29 is 14.6 Å². The molecule has 27 heavy (non-hydrogen) atoms. The molecule has 1 aromatic carbocycles. The predicted molar refractivity (Wildman–Crippen MR) is 122 cm³/mol. The number of guanidine groups is 1. The zero-order chi connectivity index (χ0) is 18.8. The fourth-order valence-corrected chi connectivity index (χ4v) is 3.11. The number of thiophene rings is 1. The van der Waals surface area contributed by atoms with Gasteiger partial charge in [0.15, 0.2) is 17.5 Å². The van der Waals surface area contributed by atoms with Crippen molar-refractivity contribution in [1.82, 2.24) is 10.2 Å². The molecule has 2 rings (SSSR count). The number of hydrogen-bond donors (Lipinski definition) is 2. The van der Waals surface area contributed by atoms with Crippen LogP contribution in [0.25, 0.3) is 0 Å². The number of aliphatic imine (C=N–C) groups is 1. The van der Waals surface area contributed by atoms with Crippen LogP contribution < -0.4 is 14.8 Å². The Morgan fingerprint density at radius 3 is 2.70 bits per heavy atom. The molecule has 0 atom stereocenters. The Morgan fingerprint density at radius 1 is 1.26 bits per heavy atom. The molecule has 1 aromatic heterocycles. The van der Waals surface area contributed by atoms with Crippen molar-refractivity contribution in [2.45, 2.75) is 20.0 Å². The van der Waals surface area contributed by atoms with Crippen LogP contribution >= 0.6 is 35.3 Å². The molecule has 0 aliphatic rings. The maximum Gasteiger partial charge on any atom is 0.194 e. The molecule has 6 nitrogen and oxygen atoms in total. The summed E-state index contributed by atoms with van der Waals surface area (Å²) in [6.45, 7) is 4.43. The standard InChI is InChI=1S/C19H27N3O3S.HI/c1-4-20-19(22(2)13-16-7-10-26-14-16)21-12-15-5-6-17(25-9-8-23)18(11-15)24-3;/h5-7,10-11,14,23H,4,8-9,12-13H2,1-3H3,(H,20,21);1H. The molecule has 8 heteroatoms. The van der Waals surface area contributed by atoms with E-state index in [1.807, 2.05) is 25.2 Å². The average molecular weight is 505 g/mol. The number of rotatable bonds is 9. The minimum absolute atomic E-state index is 0. The number of halogens is 1. The van der Waals surface area contributed by atoms with Crippen LogP contribution in [-0.4, -0.2) is 49.9 Å². The summed E-state index contributed by atoms with van der Waals surface area (Å²) >= 11 is 1.70. The van der Waals surface area contributed by atoms with Crippen LogP contribution in [0, 0.1) is 0 Å². The summed E-state index contributed by atoms with van der Waals surface area (Å²) in [5.41, 5.74) is 2.30. The van der Waals surface area contributed by atoms with Gasteiger partial charge in [-0.2, -0.15) is 11.3 Å². The van der Waals surface area contributed by atoms with E-state index in [0.717, 1.165) is 24.6 Å². The van der Waals surface area contributed by atoms with Gasteiger partial charge < -0.3 is 24.8 Å². The Labute approximate surface area is 182 Å². The van der Waals surface area contributed by atoms with Gasteiger partial charge in [-0.15, -0.1) is 24.0 Å². The first-order valence-electron chi connectivity index (χ1n) is 8.59. The molecule has 0 saturated carbocycles. The van der Waals surface area contributed by atoms with Gasteiger partial charge >= 0.3 is 0 Å². The summed E-state index contributed by atoms with van der Waals surface area (Å²) in [7, 11) is 3.64. The molecule has 0 spiro atoms. The summed E-state index contributed by atoms with van der Waals surface area (Å²) in [5, 5.41) is 16.5. The van der Waals surface area contributed by atoms with E-state index in [-0.39, 0.29) is 37.2 Å². The normalized spacial score (nSPS) is 10.9. The molecule has 0 aliphatic carbocycles. The van der Waals surface area contributed by atoms with Crippen molar-refractivity contribution in [3.63, 3.8) is 0 Å². The summed E-state index contributed by atoms with van der Waals surface area (Å²) in [6, 6.07) is 7.85. The van der Waals surface area contributed by atoms with Gasteiger partial charge in [-0.05, 0) is 47.0 Å². The molecule has 0 fully saturated rings. The minimum Gasteiger partial charge on any atom is -0.493 e. The Kier molecular flexibility index (Phi) is 11.1. The first kappa shape index (κ1) is 23.5. The summed E-state index contributed by atoms with van der Waals surface area (Å²) in [6.07, 6.45) is 0.